The van der Waals surface area contributed by atoms with Gasteiger partial charge in [0.25, 0.3) is 11.6 Å². The van der Waals surface area contributed by atoms with Crippen molar-refractivity contribution in [2.45, 2.75) is 342 Å². The van der Waals surface area contributed by atoms with Gasteiger partial charge in [0.2, 0.25) is 29.5 Å². The van der Waals surface area contributed by atoms with Crippen molar-refractivity contribution in [3.05, 3.63) is 0 Å². The van der Waals surface area contributed by atoms with Crippen LogP contribution in [-0.4, -0.2) is 519 Å². The van der Waals surface area contributed by atoms with E-state index >= 15 is 0 Å². The van der Waals surface area contributed by atoms with E-state index < -0.39 is 394 Å². The van der Waals surface area contributed by atoms with Crippen LogP contribution < -0.4 is 26.6 Å². The van der Waals surface area contributed by atoms with Crippen LogP contribution >= 0.6 is 0 Å². The molecule has 9 heterocycles. The summed E-state index contributed by atoms with van der Waals surface area (Å²) < 4.78 is 101. The summed E-state index contributed by atoms with van der Waals surface area (Å²) in [6, 6.07) is -9.54. The number of nitrogens with one attached hydrogen (secondary N) is 5. The van der Waals surface area contributed by atoms with Gasteiger partial charge in [0.1, 0.15) is 201 Å². The van der Waals surface area contributed by atoms with Crippen LogP contribution in [0.15, 0.2) is 0 Å². The average Bonchev–Trinajstić information content (AvgIpc) is 0.753. The predicted molar refractivity (Wildman–Crippen MR) is 388 cm³/mol. The van der Waals surface area contributed by atoms with Crippen molar-refractivity contribution >= 4 is 41.5 Å². The second-order valence-electron chi connectivity index (χ2n) is 31.7. The molecule has 9 aliphatic rings. The van der Waals surface area contributed by atoms with Gasteiger partial charge in [0, 0.05) is 47.5 Å². The minimum atomic E-state index is -3.37. The SMILES string of the molecule is CC(=O)N[C@H]1[C@H](OC[C@H]2OC(O)[C@H](NC(C)=O)[C@@H](O[C@@H]3O[C@H](CO)[C@H](O)[C@H](O[C@]4(C(=O)O)C[C@H](O)[C@@H](NC(C)=O)[C@H]([C@H](O)[C@H](O)CO)O4)[C@H]3O)[C@H]2O)O[C@H](CO)[C@@H](O[C@@H]2O[C@H](CO)[C@H](O)[C@H](O[C@@H]3O[C@H](CO)[C@@H](O[C@@H]4O[C@@H](C)[C@@H](O)[C@@H](O)[C@@H]4O)[C@H](O[C@@H]4O[C@H](CO)[C@H](O)[C@H](O[C@]5(C(=O)O)C[C@H](O)[C@@H](NC(C)=O)[C@H]([C@H](O)[C@H](O)CO)O5)[C@H]4O)[C@H]3NC(C)=O)[C@H]2O)[C@@H]1O. The number of amides is 5. The van der Waals surface area contributed by atoms with Gasteiger partial charge in [0.15, 0.2) is 44.0 Å². The first kappa shape index (κ1) is 104. The van der Waals surface area contributed by atoms with E-state index in [-0.39, 0.29) is 0 Å². The molecule has 9 saturated heterocycles. The largest absolute Gasteiger partial charge is 0.477 e. The lowest BCUT2D eigenvalue weighted by Gasteiger charge is -2.52. The highest BCUT2D eigenvalue weighted by Crippen LogP contribution is 2.44. The van der Waals surface area contributed by atoms with Crippen LogP contribution in [0, 0.1) is 0 Å². The number of carbonyl (C=O) groups excluding carboxylic acids is 5. The summed E-state index contributed by atoms with van der Waals surface area (Å²) in [5, 5.41) is 313. The van der Waals surface area contributed by atoms with Gasteiger partial charge >= 0.3 is 11.9 Å². The summed E-state index contributed by atoms with van der Waals surface area (Å²) in [5.74, 6) is -15.8. The average molecular weight is 1840 g/mol. The molecule has 0 saturated carbocycles. The molecule has 56 heteroatoms. The number of carboxylic acid groups (broad SMARTS) is 2. The lowest BCUT2D eigenvalue weighted by atomic mass is 9.88. The monoisotopic (exact) mass is 1840 g/mol. The summed E-state index contributed by atoms with van der Waals surface area (Å²) in [7, 11) is 0. The van der Waals surface area contributed by atoms with E-state index in [1.54, 1.807) is 0 Å². The Balaban J connectivity index is 0.976. The number of hydrogen-bond donors (Lipinski definition) is 32. The Kier molecular flexibility index (Phi) is 36.8. The summed E-state index contributed by atoms with van der Waals surface area (Å²) >= 11 is 0. The Labute approximate surface area is 712 Å². The second-order valence-corrected chi connectivity index (χ2v) is 31.7. The van der Waals surface area contributed by atoms with Gasteiger partial charge in [-0.25, -0.2) is 9.59 Å². The molecule has 726 valence electrons. The molecule has 0 aromatic heterocycles. The summed E-state index contributed by atoms with van der Waals surface area (Å²) in [6.07, 6.45) is -90.7. The fraction of sp³-hybridized carbons (Fsp3) is 0.900. The normalized spacial score (nSPS) is 45.7. The molecule has 47 atom stereocenters. The van der Waals surface area contributed by atoms with E-state index in [1.165, 1.54) is 6.92 Å². The van der Waals surface area contributed by atoms with Crippen molar-refractivity contribution < 1.29 is 252 Å². The molecule has 1 unspecified atom stereocenters. The molecule has 0 aliphatic carbocycles. The van der Waals surface area contributed by atoms with Gasteiger partial charge in [-0.15, -0.1) is 0 Å². The maximum absolute atomic E-state index is 13.6. The summed E-state index contributed by atoms with van der Waals surface area (Å²) in [5.41, 5.74) is 0. The predicted octanol–water partition coefficient (Wildman–Crippen LogP) is -20.5. The third-order valence-electron chi connectivity index (χ3n) is 22.7. The van der Waals surface area contributed by atoms with Gasteiger partial charge in [0.05, 0.1) is 83.3 Å². The molecule has 32 N–H and O–H groups in total. The van der Waals surface area contributed by atoms with Crippen molar-refractivity contribution in [2.75, 3.05) is 52.9 Å². The number of aliphatic hydroxyl groups excluding tert-OH is 25. The van der Waals surface area contributed by atoms with E-state index in [0.29, 0.717) is 0 Å². The van der Waals surface area contributed by atoms with Gasteiger partial charge in [-0.2, -0.15) is 0 Å². The second kappa shape index (κ2) is 44.4. The van der Waals surface area contributed by atoms with E-state index in [1.807, 2.05) is 0 Å². The van der Waals surface area contributed by atoms with Crippen LogP contribution in [0.5, 0.6) is 0 Å². The van der Waals surface area contributed by atoms with Gasteiger partial charge in [-0.3, -0.25) is 24.0 Å². The number of rotatable bonds is 35. The molecule has 0 spiro atoms. The molecule has 0 radical (unpaired) electrons. The van der Waals surface area contributed by atoms with Crippen LogP contribution in [0.4, 0.5) is 0 Å². The highest BCUT2D eigenvalue weighted by Gasteiger charge is 2.65. The lowest BCUT2D eigenvalue weighted by Crippen LogP contribution is -2.72. The summed E-state index contributed by atoms with van der Waals surface area (Å²) in [4.78, 5) is 90.6. The van der Waals surface area contributed by atoms with Crippen LogP contribution in [0.1, 0.15) is 54.4 Å². The molecule has 126 heavy (non-hydrogen) atoms. The minimum absolute atomic E-state index is 0.862. The van der Waals surface area contributed by atoms with Crippen LogP contribution in [-0.2, 0) is 114 Å². The van der Waals surface area contributed by atoms with Crippen molar-refractivity contribution in [2.24, 2.45) is 0 Å². The Morgan fingerprint density at radius 2 is 0.683 bits per heavy atom. The first-order chi connectivity index (χ1) is 59.2. The van der Waals surface area contributed by atoms with Crippen LogP contribution in [0.3, 0.4) is 0 Å². The Bertz CT molecular complexity index is 3560. The zero-order valence-electron chi connectivity index (χ0n) is 67.9. The molecule has 0 bridgehead atoms. The molecule has 0 aromatic rings. The van der Waals surface area contributed by atoms with Crippen molar-refractivity contribution in [1.82, 2.24) is 26.6 Å². The fourth-order valence-corrected chi connectivity index (χ4v) is 16.2. The van der Waals surface area contributed by atoms with E-state index in [4.69, 9.17) is 80.5 Å². The van der Waals surface area contributed by atoms with E-state index in [0.717, 1.165) is 34.6 Å². The molecule has 9 rings (SSSR count). The third kappa shape index (κ3) is 22.9. The highest BCUT2D eigenvalue weighted by molar-refractivity contribution is 5.78. The molecule has 9 fully saturated rings. The third-order valence-corrected chi connectivity index (χ3v) is 22.7. The topological polar surface area (TPSA) is 883 Å². The Morgan fingerprint density at radius 3 is 1.10 bits per heavy atom. The number of carboxylic acids is 2. The fourth-order valence-electron chi connectivity index (χ4n) is 16.2. The Morgan fingerprint density at radius 1 is 0.341 bits per heavy atom. The maximum atomic E-state index is 13.6. The van der Waals surface area contributed by atoms with Crippen LogP contribution in [0.25, 0.3) is 0 Å². The van der Waals surface area contributed by atoms with Crippen molar-refractivity contribution in [3.63, 3.8) is 0 Å². The smallest absolute Gasteiger partial charge is 0.364 e. The first-order valence-corrected chi connectivity index (χ1v) is 39.7. The zero-order valence-corrected chi connectivity index (χ0v) is 67.9. The van der Waals surface area contributed by atoms with Gasteiger partial charge < -0.3 is 245 Å². The Hall–Kier alpha value is -5.39. The molecule has 5 amide bonds. The number of aliphatic hydroxyl groups is 25. The number of ether oxygens (including phenoxy) is 17. The highest BCUT2D eigenvalue weighted by atomic mass is 16.8. The quantitative estimate of drug-likeness (QED) is 0.0280. The van der Waals surface area contributed by atoms with Crippen molar-refractivity contribution in [1.29, 1.82) is 0 Å². The first-order valence-electron chi connectivity index (χ1n) is 39.7. The molecule has 56 nitrogen and oxygen atoms in total. The van der Waals surface area contributed by atoms with Crippen molar-refractivity contribution in [3.8, 4) is 0 Å². The minimum Gasteiger partial charge on any atom is -0.477 e. The van der Waals surface area contributed by atoms with Gasteiger partial charge in [-0.05, 0) is 6.92 Å². The van der Waals surface area contributed by atoms with Crippen LogP contribution in [0.2, 0.25) is 0 Å². The summed E-state index contributed by atoms with van der Waals surface area (Å²) in [6.45, 7) is -3.93. The lowest BCUT2D eigenvalue weighted by molar-refractivity contribution is -0.398. The van der Waals surface area contributed by atoms with E-state index in [2.05, 4.69) is 26.6 Å². The number of carbonyl (C=O) groups is 7. The number of aliphatic carboxylic acids is 2. The standard InChI is InChI=1S/C70H115N5O51/c1-17-38(92)46(100)47(101)63(111-17)119-52-31(15-82)117-62(37(75-22(6)87)56(52)121-66-50(104)59(43(97)29(13-80)115-66)126-70(68(108)109)8-24(89)34(72-19(3)84)55(124-70)40(94)26(91)10-77)122-57-41(95)27(11-78)113-64(48(57)102)118-51-30(14-81)116-61(35(45(51)99)73-20(4)85)110-16-32-44(98)53(36(60(105)112-32)74-21(5)86)120-65-49(103)58(42(96)28(12-79)114-65)125-69(67(106)107)7-23(88)33(71-18(2)83)54(123-69)39(93)25(90)9-76/h17,23-66,76-82,88-105H,7-16H2,1-6H3,(H,71,83)(H,72,84)(H,73,85)(H,74,86)(H,75,87)(H,106,107)(H,108,109)/t17-,23-,24-,25+,26+,27+,28+,29+,30+,31+,32+,33+,34+,35+,36+,37+,38+,39+,40+,41-,42-,43-,44-,45+,46+,47-,48+,49+,50+,51+,52+,53+,54+,55+,56+,57-,58-,59-,60?,61+,62-,63-,64-,65-,66-,69-,70-/m0/s1. The molecule has 0 aromatic carbocycles. The molecular weight excluding hydrogens is 1730 g/mol. The van der Waals surface area contributed by atoms with E-state index in [9.17, 15) is 171 Å². The maximum Gasteiger partial charge on any atom is 0.364 e. The zero-order chi connectivity index (χ0) is 93.6. The molecular formula is C70H115N5O51. The number of hydrogen-bond acceptors (Lipinski definition) is 49. The van der Waals surface area contributed by atoms with Gasteiger partial charge in [-0.1, -0.05) is 0 Å². The molecule has 9 aliphatic heterocycles.